The summed E-state index contributed by atoms with van der Waals surface area (Å²) in [7, 11) is 0. The van der Waals surface area contributed by atoms with E-state index in [4.69, 9.17) is 18.9 Å². The first-order chi connectivity index (χ1) is 14.8. The highest BCUT2D eigenvalue weighted by atomic mass is 16.6. The van der Waals surface area contributed by atoms with Crippen LogP contribution in [0.1, 0.15) is 36.2 Å². The maximum atomic E-state index is 9.22. The third-order valence-corrected chi connectivity index (χ3v) is 5.54. The normalized spacial score (nSPS) is 27.0. The Morgan fingerprint density at radius 2 is 1.13 bits per heavy atom. The molecule has 6 heteroatoms. The van der Waals surface area contributed by atoms with Crippen LogP contribution >= 0.6 is 0 Å². The highest BCUT2D eigenvalue weighted by Gasteiger charge is 2.50. The average molecular weight is 404 g/mol. The molecule has 154 valence electrons. The predicted molar refractivity (Wildman–Crippen MR) is 108 cm³/mol. The van der Waals surface area contributed by atoms with E-state index in [9.17, 15) is 10.5 Å². The van der Waals surface area contributed by atoms with Crippen molar-refractivity contribution in [3.8, 4) is 12.1 Å². The van der Waals surface area contributed by atoms with Crippen molar-refractivity contribution in [2.75, 3.05) is 13.2 Å². The smallest absolute Gasteiger partial charge is 0.115 e. The third-order valence-electron chi connectivity index (χ3n) is 5.54. The minimum Gasteiger partial charge on any atom is -0.370 e. The molecule has 0 aromatic heterocycles. The summed E-state index contributed by atoms with van der Waals surface area (Å²) >= 11 is 0. The van der Waals surface area contributed by atoms with Crippen LogP contribution < -0.4 is 0 Å². The predicted octanol–water partition coefficient (Wildman–Crippen LogP) is 3.86. The second kappa shape index (κ2) is 9.84. The van der Waals surface area contributed by atoms with E-state index in [-0.39, 0.29) is 49.5 Å². The highest BCUT2D eigenvalue weighted by molar-refractivity contribution is 5.20. The Labute approximate surface area is 176 Å². The number of hydrogen-bond donors (Lipinski definition) is 0. The summed E-state index contributed by atoms with van der Waals surface area (Å²) < 4.78 is 24.5. The summed E-state index contributed by atoms with van der Waals surface area (Å²) in [5.74, 6) is 0. The number of fused-ring (bicyclic) bond motifs is 1. The quantitative estimate of drug-likeness (QED) is 0.664. The van der Waals surface area contributed by atoms with Crippen molar-refractivity contribution in [3.05, 3.63) is 71.8 Å². The van der Waals surface area contributed by atoms with Gasteiger partial charge in [-0.25, -0.2) is 0 Å². The number of rotatable bonds is 8. The Morgan fingerprint density at radius 3 is 1.50 bits per heavy atom. The summed E-state index contributed by atoms with van der Waals surface area (Å²) in [5.41, 5.74) is 1.93. The zero-order chi connectivity index (χ0) is 20.8. The fraction of sp³-hybridized carbons (Fsp3) is 0.417. The van der Waals surface area contributed by atoms with Gasteiger partial charge in [0.05, 0.1) is 50.4 Å². The second-order valence-corrected chi connectivity index (χ2v) is 7.47. The molecular weight excluding hydrogens is 380 g/mol. The second-order valence-electron chi connectivity index (χ2n) is 7.47. The number of ether oxygens (including phenoxy) is 4. The molecule has 2 aliphatic rings. The summed E-state index contributed by atoms with van der Waals surface area (Å²) in [6.07, 6.45) is -1.18. The van der Waals surface area contributed by atoms with Gasteiger partial charge in [-0.2, -0.15) is 10.5 Å². The minimum absolute atomic E-state index is 0.251. The number of benzene rings is 2. The van der Waals surface area contributed by atoms with Gasteiger partial charge in [0.15, 0.2) is 0 Å². The summed E-state index contributed by atoms with van der Waals surface area (Å²) in [6.45, 7) is 0.774. The van der Waals surface area contributed by atoms with E-state index in [1.54, 1.807) is 0 Å². The Hall–Kier alpha value is -2.74. The Kier molecular flexibility index (Phi) is 6.74. The van der Waals surface area contributed by atoms with Crippen LogP contribution in [0.4, 0.5) is 0 Å². The molecule has 2 heterocycles. The van der Waals surface area contributed by atoms with E-state index < -0.39 is 0 Å². The van der Waals surface area contributed by atoms with E-state index in [1.165, 1.54) is 0 Å². The summed E-state index contributed by atoms with van der Waals surface area (Å²) in [4.78, 5) is 0. The Bertz CT molecular complexity index is 817. The van der Waals surface area contributed by atoms with Gasteiger partial charge in [-0.1, -0.05) is 60.7 Å². The molecule has 0 spiro atoms. The molecule has 0 N–H and O–H groups in total. The van der Waals surface area contributed by atoms with Crippen LogP contribution in [0.3, 0.4) is 0 Å². The van der Waals surface area contributed by atoms with Crippen molar-refractivity contribution in [1.82, 2.24) is 0 Å². The molecule has 30 heavy (non-hydrogen) atoms. The lowest BCUT2D eigenvalue weighted by molar-refractivity contribution is -0.0868. The molecule has 2 aromatic carbocycles. The fourth-order valence-corrected chi connectivity index (χ4v) is 4.07. The van der Waals surface area contributed by atoms with Gasteiger partial charge in [0, 0.05) is 0 Å². The SMILES string of the molecule is N#CCC(O[C@@H]1COC2C1OC[C@H]2OC(CC#N)c1ccccc1)c1ccccc1. The van der Waals surface area contributed by atoms with Gasteiger partial charge in [-0.15, -0.1) is 0 Å². The maximum Gasteiger partial charge on any atom is 0.115 e. The average Bonchev–Trinajstić information content (AvgIpc) is 3.37. The molecule has 6 nitrogen and oxygen atoms in total. The van der Waals surface area contributed by atoms with Crippen LogP contribution in [-0.4, -0.2) is 37.6 Å². The Morgan fingerprint density at radius 1 is 0.733 bits per heavy atom. The monoisotopic (exact) mass is 404 g/mol. The van der Waals surface area contributed by atoms with Gasteiger partial charge in [-0.05, 0) is 11.1 Å². The zero-order valence-corrected chi connectivity index (χ0v) is 16.6. The van der Waals surface area contributed by atoms with Gasteiger partial charge in [-0.3, -0.25) is 0 Å². The standard InChI is InChI=1S/C24H24N2O4/c25-13-11-19(17-7-3-1-4-8-17)29-21-15-27-24-22(16-28-23(21)24)30-20(12-14-26)18-9-5-2-6-10-18/h1-10,19-24H,11-12,15-16H2/t19?,20?,21-,22-,23?,24?/m1/s1. The fourth-order valence-electron chi connectivity index (χ4n) is 4.07. The third kappa shape index (κ3) is 4.53. The van der Waals surface area contributed by atoms with E-state index in [0.717, 1.165) is 11.1 Å². The van der Waals surface area contributed by atoms with E-state index >= 15 is 0 Å². The molecule has 0 radical (unpaired) electrons. The Balaban J connectivity index is 1.41. The van der Waals surface area contributed by atoms with Crippen LogP contribution in [0, 0.1) is 22.7 Å². The first-order valence-corrected chi connectivity index (χ1v) is 10.2. The highest BCUT2D eigenvalue weighted by Crippen LogP contribution is 2.36. The van der Waals surface area contributed by atoms with Crippen LogP contribution in [0.15, 0.2) is 60.7 Å². The molecule has 0 saturated carbocycles. The molecule has 2 fully saturated rings. The molecule has 0 bridgehead atoms. The number of hydrogen-bond acceptors (Lipinski definition) is 6. The van der Waals surface area contributed by atoms with Crippen LogP contribution in [0.25, 0.3) is 0 Å². The largest absolute Gasteiger partial charge is 0.370 e. The molecule has 6 atom stereocenters. The van der Waals surface area contributed by atoms with Crippen molar-refractivity contribution in [2.45, 2.75) is 49.5 Å². The van der Waals surface area contributed by atoms with Crippen molar-refractivity contribution >= 4 is 0 Å². The molecule has 2 aromatic rings. The van der Waals surface area contributed by atoms with Gasteiger partial charge >= 0.3 is 0 Å². The van der Waals surface area contributed by atoms with Crippen LogP contribution in [0.5, 0.6) is 0 Å². The number of nitrogens with zero attached hydrogens (tertiary/aromatic N) is 2. The van der Waals surface area contributed by atoms with Gasteiger partial charge < -0.3 is 18.9 Å². The van der Waals surface area contributed by atoms with E-state index in [1.807, 2.05) is 60.7 Å². The van der Waals surface area contributed by atoms with Gasteiger partial charge in [0.1, 0.15) is 24.4 Å². The minimum atomic E-state index is -0.331. The lowest BCUT2D eigenvalue weighted by Crippen LogP contribution is -2.35. The molecule has 2 saturated heterocycles. The first kappa shape index (κ1) is 20.5. The molecule has 0 amide bonds. The zero-order valence-electron chi connectivity index (χ0n) is 16.6. The van der Waals surface area contributed by atoms with E-state index in [0.29, 0.717) is 13.2 Å². The summed E-state index contributed by atoms with van der Waals surface area (Å²) in [6, 6.07) is 23.9. The molecule has 4 unspecified atom stereocenters. The lowest BCUT2D eigenvalue weighted by Gasteiger charge is -2.23. The topological polar surface area (TPSA) is 84.5 Å². The lowest BCUT2D eigenvalue weighted by atomic mass is 10.0. The van der Waals surface area contributed by atoms with Crippen molar-refractivity contribution in [1.29, 1.82) is 10.5 Å². The maximum absolute atomic E-state index is 9.22. The molecule has 2 aliphatic heterocycles. The molecule has 0 aliphatic carbocycles. The van der Waals surface area contributed by atoms with Crippen LogP contribution in [-0.2, 0) is 18.9 Å². The molecular formula is C24H24N2O4. The number of nitriles is 2. The van der Waals surface area contributed by atoms with Crippen molar-refractivity contribution in [2.24, 2.45) is 0 Å². The first-order valence-electron chi connectivity index (χ1n) is 10.2. The van der Waals surface area contributed by atoms with Gasteiger partial charge in [0.25, 0.3) is 0 Å². The van der Waals surface area contributed by atoms with E-state index in [2.05, 4.69) is 12.1 Å². The van der Waals surface area contributed by atoms with Crippen molar-refractivity contribution < 1.29 is 18.9 Å². The van der Waals surface area contributed by atoms with Gasteiger partial charge in [0.2, 0.25) is 0 Å². The van der Waals surface area contributed by atoms with Crippen molar-refractivity contribution in [3.63, 3.8) is 0 Å². The molecule has 4 rings (SSSR count). The summed E-state index contributed by atoms with van der Waals surface area (Å²) in [5, 5.41) is 18.4. The van der Waals surface area contributed by atoms with Crippen LogP contribution in [0.2, 0.25) is 0 Å².